The third-order valence-corrected chi connectivity index (χ3v) is 4.55. The van der Waals surface area contributed by atoms with E-state index < -0.39 is 0 Å². The van der Waals surface area contributed by atoms with Crippen LogP contribution in [0.2, 0.25) is 0 Å². The molecule has 0 saturated carbocycles. The predicted molar refractivity (Wildman–Crippen MR) is 110 cm³/mol. The molecule has 146 valence electrons. The summed E-state index contributed by atoms with van der Waals surface area (Å²) in [4.78, 5) is 15.6. The highest BCUT2D eigenvalue weighted by atomic mass is 16.2. The van der Waals surface area contributed by atoms with E-state index >= 15 is 0 Å². The van der Waals surface area contributed by atoms with E-state index in [-0.39, 0.29) is 12.5 Å². The number of benzene rings is 2. The Bertz CT molecular complexity index is 875. The number of amides is 1. The van der Waals surface area contributed by atoms with Gasteiger partial charge in [0, 0.05) is 31.4 Å². The molecule has 28 heavy (non-hydrogen) atoms. The molecule has 3 rings (SSSR count). The minimum absolute atomic E-state index is 0.0641. The number of rotatable bonds is 9. The average molecular weight is 378 g/mol. The third-order valence-electron chi connectivity index (χ3n) is 4.55. The molecule has 0 fully saturated rings. The first-order valence-corrected chi connectivity index (χ1v) is 9.55. The molecule has 0 unspecified atom stereocenters. The van der Waals surface area contributed by atoms with Gasteiger partial charge in [0.05, 0.1) is 0 Å². The fraction of sp³-hybridized carbons (Fsp3) is 0.333. The van der Waals surface area contributed by atoms with Gasteiger partial charge in [-0.1, -0.05) is 49.4 Å². The highest BCUT2D eigenvalue weighted by molar-refractivity contribution is 5.75. The van der Waals surface area contributed by atoms with Gasteiger partial charge in [0.25, 0.3) is 0 Å². The summed E-state index contributed by atoms with van der Waals surface area (Å²) < 4.78 is 0. The van der Waals surface area contributed by atoms with Gasteiger partial charge in [-0.05, 0) is 35.8 Å². The number of hydrogen-bond acceptors (Lipinski definition) is 5. The van der Waals surface area contributed by atoms with Crippen LogP contribution in [-0.4, -0.2) is 46.3 Å². The first kappa shape index (κ1) is 19.5. The van der Waals surface area contributed by atoms with Gasteiger partial charge in [0.1, 0.15) is 6.54 Å². The lowest BCUT2D eigenvalue weighted by Gasteiger charge is -2.19. The van der Waals surface area contributed by atoms with Crippen molar-refractivity contribution in [1.29, 1.82) is 0 Å². The molecule has 0 aliphatic carbocycles. The van der Waals surface area contributed by atoms with Gasteiger partial charge >= 0.3 is 0 Å². The SMILES string of the molecule is CCc1ccc(-c2nnn(CC(=O)NCCCN(C)c3ccccc3)n2)cc1. The van der Waals surface area contributed by atoms with Crippen LogP contribution in [0, 0.1) is 0 Å². The molecule has 1 amide bonds. The third kappa shape index (κ3) is 5.39. The van der Waals surface area contributed by atoms with Gasteiger partial charge in [0.15, 0.2) is 0 Å². The summed E-state index contributed by atoms with van der Waals surface area (Å²) in [6.45, 7) is 3.65. The van der Waals surface area contributed by atoms with Crippen LogP contribution in [-0.2, 0) is 17.8 Å². The monoisotopic (exact) mass is 378 g/mol. The van der Waals surface area contributed by atoms with Crippen LogP contribution in [0.25, 0.3) is 11.4 Å². The number of nitrogens with one attached hydrogen (secondary N) is 1. The number of nitrogens with zero attached hydrogens (tertiary/aromatic N) is 5. The quantitative estimate of drug-likeness (QED) is 0.579. The maximum Gasteiger partial charge on any atom is 0.243 e. The lowest BCUT2D eigenvalue weighted by atomic mass is 10.1. The number of aryl methyl sites for hydroxylation is 1. The molecular weight excluding hydrogens is 352 g/mol. The Kier molecular flexibility index (Phi) is 6.73. The highest BCUT2D eigenvalue weighted by Gasteiger charge is 2.09. The molecule has 0 spiro atoms. The standard InChI is InChI=1S/C21H26N6O/c1-3-17-10-12-18(13-11-17)21-23-25-27(24-21)16-20(28)22-14-7-15-26(2)19-8-5-4-6-9-19/h4-6,8-13H,3,7,14-16H2,1-2H3,(H,22,28). The molecule has 1 aromatic heterocycles. The van der Waals surface area contributed by atoms with E-state index in [1.54, 1.807) is 0 Å². The Morgan fingerprint density at radius 2 is 1.86 bits per heavy atom. The molecule has 0 atom stereocenters. The minimum Gasteiger partial charge on any atom is -0.375 e. The zero-order valence-corrected chi connectivity index (χ0v) is 16.4. The molecule has 0 aliphatic heterocycles. The summed E-state index contributed by atoms with van der Waals surface area (Å²) in [6, 6.07) is 18.2. The molecule has 2 aromatic carbocycles. The second kappa shape index (κ2) is 9.64. The van der Waals surface area contributed by atoms with Gasteiger partial charge in [-0.15, -0.1) is 10.2 Å². The first-order valence-electron chi connectivity index (χ1n) is 9.55. The minimum atomic E-state index is -0.118. The van der Waals surface area contributed by atoms with Crippen molar-refractivity contribution >= 4 is 11.6 Å². The molecule has 7 heteroatoms. The number of aromatic nitrogens is 4. The van der Waals surface area contributed by atoms with Crippen LogP contribution in [0.3, 0.4) is 0 Å². The molecule has 0 bridgehead atoms. The summed E-state index contributed by atoms with van der Waals surface area (Å²) >= 11 is 0. The van der Waals surface area contributed by atoms with Crippen LogP contribution < -0.4 is 10.2 Å². The average Bonchev–Trinajstić information content (AvgIpc) is 3.20. The lowest BCUT2D eigenvalue weighted by molar-refractivity contribution is -0.122. The normalized spacial score (nSPS) is 10.6. The van der Waals surface area contributed by atoms with Crippen molar-refractivity contribution in [3.8, 4) is 11.4 Å². The molecule has 0 radical (unpaired) electrons. The summed E-state index contributed by atoms with van der Waals surface area (Å²) in [7, 11) is 2.05. The highest BCUT2D eigenvalue weighted by Crippen LogP contribution is 2.14. The molecule has 0 saturated heterocycles. The fourth-order valence-corrected chi connectivity index (χ4v) is 2.86. The summed E-state index contributed by atoms with van der Waals surface area (Å²) in [5, 5.41) is 15.2. The second-order valence-corrected chi connectivity index (χ2v) is 6.65. The van der Waals surface area contributed by atoms with Crippen LogP contribution in [0.4, 0.5) is 5.69 Å². The summed E-state index contributed by atoms with van der Waals surface area (Å²) in [5.74, 6) is 0.410. The maximum absolute atomic E-state index is 12.1. The Morgan fingerprint density at radius 3 is 2.57 bits per heavy atom. The zero-order chi connectivity index (χ0) is 19.8. The van der Waals surface area contributed by atoms with Gasteiger partial charge in [-0.25, -0.2) is 0 Å². The molecule has 0 aliphatic rings. The lowest BCUT2D eigenvalue weighted by Crippen LogP contribution is -2.31. The number of carbonyl (C=O) groups excluding carboxylic acids is 1. The van der Waals surface area contributed by atoms with E-state index in [0.29, 0.717) is 12.4 Å². The van der Waals surface area contributed by atoms with Crippen molar-refractivity contribution in [2.75, 3.05) is 25.0 Å². The van der Waals surface area contributed by atoms with Crippen molar-refractivity contribution in [2.24, 2.45) is 0 Å². The zero-order valence-electron chi connectivity index (χ0n) is 16.4. The van der Waals surface area contributed by atoms with Crippen molar-refractivity contribution < 1.29 is 4.79 Å². The van der Waals surface area contributed by atoms with Gasteiger partial charge < -0.3 is 10.2 Å². The topological polar surface area (TPSA) is 75.9 Å². The van der Waals surface area contributed by atoms with Crippen LogP contribution in [0.15, 0.2) is 54.6 Å². The maximum atomic E-state index is 12.1. The molecule has 3 aromatic rings. The second-order valence-electron chi connectivity index (χ2n) is 6.65. The number of hydrogen-bond donors (Lipinski definition) is 1. The Balaban J connectivity index is 1.42. The smallest absolute Gasteiger partial charge is 0.243 e. The van der Waals surface area contributed by atoms with E-state index in [1.165, 1.54) is 16.0 Å². The van der Waals surface area contributed by atoms with E-state index in [9.17, 15) is 4.79 Å². The van der Waals surface area contributed by atoms with E-state index in [4.69, 9.17) is 0 Å². The number of para-hydroxylation sites is 1. The largest absolute Gasteiger partial charge is 0.375 e. The van der Waals surface area contributed by atoms with Gasteiger partial charge in [-0.2, -0.15) is 4.80 Å². The van der Waals surface area contributed by atoms with Crippen LogP contribution in [0.1, 0.15) is 18.9 Å². The van der Waals surface area contributed by atoms with Crippen molar-refractivity contribution in [2.45, 2.75) is 26.3 Å². The number of anilines is 1. The Hall–Kier alpha value is -3.22. The van der Waals surface area contributed by atoms with Crippen molar-refractivity contribution in [3.63, 3.8) is 0 Å². The number of tetrazole rings is 1. The van der Waals surface area contributed by atoms with Gasteiger partial charge in [-0.3, -0.25) is 4.79 Å². The van der Waals surface area contributed by atoms with Crippen LogP contribution in [0.5, 0.6) is 0 Å². The van der Waals surface area contributed by atoms with E-state index in [2.05, 4.69) is 56.8 Å². The Morgan fingerprint density at radius 1 is 1.11 bits per heavy atom. The number of carbonyl (C=O) groups is 1. The molecule has 1 heterocycles. The van der Waals surface area contributed by atoms with Crippen molar-refractivity contribution in [1.82, 2.24) is 25.5 Å². The predicted octanol–water partition coefficient (Wildman–Crippen LogP) is 2.55. The van der Waals surface area contributed by atoms with Gasteiger partial charge in [0.2, 0.25) is 11.7 Å². The van der Waals surface area contributed by atoms with E-state index in [1.807, 2.05) is 37.4 Å². The summed E-state index contributed by atoms with van der Waals surface area (Å²) in [6.07, 6.45) is 1.85. The molecule has 1 N–H and O–H groups in total. The van der Waals surface area contributed by atoms with Crippen molar-refractivity contribution in [3.05, 3.63) is 60.2 Å². The fourth-order valence-electron chi connectivity index (χ4n) is 2.86. The summed E-state index contributed by atoms with van der Waals surface area (Å²) in [5.41, 5.74) is 3.32. The molecule has 7 nitrogen and oxygen atoms in total. The van der Waals surface area contributed by atoms with E-state index in [0.717, 1.165) is 24.9 Å². The molecular formula is C21H26N6O. The first-order chi connectivity index (χ1) is 13.7. The Labute approximate surface area is 165 Å². The van der Waals surface area contributed by atoms with Crippen LogP contribution >= 0.6 is 0 Å².